The van der Waals surface area contributed by atoms with Crippen molar-refractivity contribution in [1.29, 1.82) is 0 Å². The molecule has 1 aromatic carbocycles. The van der Waals surface area contributed by atoms with Crippen LogP contribution in [0.25, 0.3) is 0 Å². The molecule has 0 atom stereocenters. The van der Waals surface area contributed by atoms with E-state index in [1.807, 2.05) is 4.90 Å². The van der Waals surface area contributed by atoms with E-state index < -0.39 is 0 Å². The van der Waals surface area contributed by atoms with E-state index in [0.29, 0.717) is 30.9 Å². The lowest BCUT2D eigenvalue weighted by Crippen LogP contribution is -2.47. The van der Waals surface area contributed by atoms with Gasteiger partial charge in [-0.05, 0) is 12.1 Å². The van der Waals surface area contributed by atoms with Crippen LogP contribution >= 0.6 is 0 Å². The van der Waals surface area contributed by atoms with Crippen molar-refractivity contribution in [3.05, 3.63) is 29.6 Å². The highest BCUT2D eigenvalue weighted by atomic mass is 19.1. The number of nitrogens with zero attached hydrogens (tertiary/aromatic N) is 1. The standard InChI is InChI=1S/C11H14FN3O/c12-10-5-9(13)2-1-8(10)6-15-4-3-14-11(16)7-15/h1-2,5H,3-4,6-7,13H2,(H,14,16). The summed E-state index contributed by atoms with van der Waals surface area (Å²) in [5.41, 5.74) is 6.45. The van der Waals surface area contributed by atoms with E-state index in [9.17, 15) is 9.18 Å². The number of carbonyl (C=O) groups is 1. The van der Waals surface area contributed by atoms with Crippen LogP contribution < -0.4 is 11.1 Å². The monoisotopic (exact) mass is 223 g/mol. The third-order valence-electron chi connectivity index (χ3n) is 2.59. The molecule has 0 radical (unpaired) electrons. The van der Waals surface area contributed by atoms with Crippen molar-refractivity contribution in [3.8, 4) is 0 Å². The Hall–Kier alpha value is -1.62. The maximum absolute atomic E-state index is 13.5. The summed E-state index contributed by atoms with van der Waals surface area (Å²) in [5.74, 6) is -0.326. The van der Waals surface area contributed by atoms with Gasteiger partial charge in [-0.15, -0.1) is 0 Å². The van der Waals surface area contributed by atoms with Gasteiger partial charge in [-0.25, -0.2) is 4.39 Å². The largest absolute Gasteiger partial charge is 0.399 e. The second kappa shape index (κ2) is 4.49. The van der Waals surface area contributed by atoms with Gasteiger partial charge in [-0.2, -0.15) is 0 Å². The van der Waals surface area contributed by atoms with Crippen molar-refractivity contribution in [1.82, 2.24) is 10.2 Å². The molecule has 0 aliphatic carbocycles. The Labute approximate surface area is 93.2 Å². The van der Waals surface area contributed by atoms with Gasteiger partial charge < -0.3 is 11.1 Å². The first-order valence-corrected chi connectivity index (χ1v) is 5.18. The van der Waals surface area contributed by atoms with Gasteiger partial charge in [0.05, 0.1) is 6.54 Å². The molecule has 0 unspecified atom stereocenters. The van der Waals surface area contributed by atoms with E-state index in [2.05, 4.69) is 5.32 Å². The number of hydrogen-bond acceptors (Lipinski definition) is 3. The van der Waals surface area contributed by atoms with E-state index in [0.717, 1.165) is 6.54 Å². The predicted octanol–water partition coefficient (Wildman–Crippen LogP) is 0.340. The number of piperazine rings is 1. The zero-order valence-corrected chi connectivity index (χ0v) is 8.87. The average molecular weight is 223 g/mol. The van der Waals surface area contributed by atoms with E-state index in [-0.39, 0.29) is 11.7 Å². The molecule has 1 heterocycles. The maximum Gasteiger partial charge on any atom is 0.234 e. The Balaban J connectivity index is 2.05. The van der Waals surface area contributed by atoms with Crippen molar-refractivity contribution in [2.24, 2.45) is 0 Å². The fraction of sp³-hybridized carbons (Fsp3) is 0.364. The minimum atomic E-state index is -0.314. The number of amides is 1. The van der Waals surface area contributed by atoms with Crippen molar-refractivity contribution in [2.75, 3.05) is 25.4 Å². The number of hydrogen-bond donors (Lipinski definition) is 2. The highest BCUT2D eigenvalue weighted by Crippen LogP contribution is 2.14. The molecule has 16 heavy (non-hydrogen) atoms. The maximum atomic E-state index is 13.5. The number of anilines is 1. The molecule has 1 aromatic rings. The van der Waals surface area contributed by atoms with Gasteiger partial charge in [-0.3, -0.25) is 9.69 Å². The normalized spacial score (nSPS) is 17.2. The first kappa shape index (κ1) is 10.9. The lowest BCUT2D eigenvalue weighted by atomic mass is 10.1. The van der Waals surface area contributed by atoms with E-state index in [1.54, 1.807) is 12.1 Å². The van der Waals surface area contributed by atoms with Gasteiger partial charge in [0, 0.05) is 30.9 Å². The first-order chi connectivity index (χ1) is 7.65. The van der Waals surface area contributed by atoms with E-state index in [1.165, 1.54) is 6.07 Å². The minimum Gasteiger partial charge on any atom is -0.399 e. The first-order valence-electron chi connectivity index (χ1n) is 5.18. The molecule has 0 aromatic heterocycles. The van der Waals surface area contributed by atoms with Crippen molar-refractivity contribution < 1.29 is 9.18 Å². The van der Waals surface area contributed by atoms with E-state index in [4.69, 9.17) is 5.73 Å². The zero-order valence-electron chi connectivity index (χ0n) is 8.87. The number of nitrogen functional groups attached to an aromatic ring is 1. The summed E-state index contributed by atoms with van der Waals surface area (Å²) >= 11 is 0. The van der Waals surface area contributed by atoms with Crippen LogP contribution in [0.4, 0.5) is 10.1 Å². The van der Waals surface area contributed by atoms with Gasteiger partial charge in [0.15, 0.2) is 0 Å². The number of nitrogens with one attached hydrogen (secondary N) is 1. The molecule has 86 valence electrons. The van der Waals surface area contributed by atoms with Crippen LogP contribution in [-0.4, -0.2) is 30.4 Å². The average Bonchev–Trinajstić information content (AvgIpc) is 2.22. The van der Waals surface area contributed by atoms with Crippen LogP contribution in [0.5, 0.6) is 0 Å². The quantitative estimate of drug-likeness (QED) is 0.711. The summed E-state index contributed by atoms with van der Waals surface area (Å²) in [6, 6.07) is 4.64. The van der Waals surface area contributed by atoms with Gasteiger partial charge >= 0.3 is 0 Å². The number of halogens is 1. The summed E-state index contributed by atoms with van der Waals surface area (Å²) in [6.07, 6.45) is 0. The molecule has 0 spiro atoms. The summed E-state index contributed by atoms with van der Waals surface area (Å²) < 4.78 is 13.5. The Kier molecular flexibility index (Phi) is 3.05. The third-order valence-corrected chi connectivity index (χ3v) is 2.59. The molecule has 0 bridgehead atoms. The van der Waals surface area contributed by atoms with Crippen LogP contribution in [0.1, 0.15) is 5.56 Å². The van der Waals surface area contributed by atoms with Crippen LogP contribution in [-0.2, 0) is 11.3 Å². The Bertz CT molecular complexity index is 408. The van der Waals surface area contributed by atoms with Crippen LogP contribution in [0, 0.1) is 5.82 Å². The van der Waals surface area contributed by atoms with Crippen LogP contribution in [0.2, 0.25) is 0 Å². The summed E-state index contributed by atoms with van der Waals surface area (Å²) in [4.78, 5) is 13.0. The highest BCUT2D eigenvalue weighted by Gasteiger charge is 2.17. The number of nitrogens with two attached hydrogens (primary N) is 1. The molecule has 3 N–H and O–H groups in total. The number of benzene rings is 1. The van der Waals surface area contributed by atoms with Crippen LogP contribution in [0.15, 0.2) is 18.2 Å². The highest BCUT2D eigenvalue weighted by molar-refractivity contribution is 5.78. The lowest BCUT2D eigenvalue weighted by Gasteiger charge is -2.26. The van der Waals surface area contributed by atoms with Gasteiger partial charge in [0.1, 0.15) is 5.82 Å². The number of rotatable bonds is 2. The molecular weight excluding hydrogens is 209 g/mol. The Morgan fingerprint density at radius 2 is 2.31 bits per heavy atom. The fourth-order valence-electron chi connectivity index (χ4n) is 1.76. The smallest absolute Gasteiger partial charge is 0.234 e. The molecule has 4 nitrogen and oxygen atoms in total. The van der Waals surface area contributed by atoms with Crippen molar-refractivity contribution >= 4 is 11.6 Å². The molecule has 1 aliphatic rings. The Morgan fingerprint density at radius 3 is 3.00 bits per heavy atom. The molecule has 2 rings (SSSR count). The topological polar surface area (TPSA) is 58.4 Å². The molecule has 1 aliphatic heterocycles. The predicted molar refractivity (Wildman–Crippen MR) is 59.1 cm³/mol. The van der Waals surface area contributed by atoms with Gasteiger partial charge in [0.2, 0.25) is 5.91 Å². The second-order valence-corrected chi connectivity index (χ2v) is 3.91. The SMILES string of the molecule is Nc1ccc(CN2CCNC(=O)C2)c(F)c1. The molecule has 1 fully saturated rings. The van der Waals surface area contributed by atoms with Crippen LogP contribution in [0.3, 0.4) is 0 Å². The fourth-order valence-corrected chi connectivity index (χ4v) is 1.76. The Morgan fingerprint density at radius 1 is 1.50 bits per heavy atom. The molecule has 1 saturated heterocycles. The summed E-state index contributed by atoms with van der Waals surface area (Å²) in [5, 5.41) is 2.73. The second-order valence-electron chi connectivity index (χ2n) is 3.91. The third kappa shape index (κ3) is 2.49. The molecule has 0 saturated carbocycles. The lowest BCUT2D eigenvalue weighted by molar-refractivity contribution is -0.124. The van der Waals surface area contributed by atoms with E-state index >= 15 is 0 Å². The molecule has 1 amide bonds. The zero-order chi connectivity index (χ0) is 11.5. The van der Waals surface area contributed by atoms with Gasteiger partial charge in [-0.1, -0.05) is 6.07 Å². The molecular formula is C11H14FN3O. The number of carbonyl (C=O) groups excluding carboxylic acids is 1. The molecule has 5 heteroatoms. The summed E-state index contributed by atoms with van der Waals surface area (Å²) in [7, 11) is 0. The van der Waals surface area contributed by atoms with Crippen molar-refractivity contribution in [3.63, 3.8) is 0 Å². The summed E-state index contributed by atoms with van der Waals surface area (Å²) in [6.45, 7) is 2.13. The minimum absolute atomic E-state index is 0.0119. The van der Waals surface area contributed by atoms with Crippen molar-refractivity contribution in [2.45, 2.75) is 6.54 Å². The van der Waals surface area contributed by atoms with Gasteiger partial charge in [0.25, 0.3) is 0 Å².